The third kappa shape index (κ3) is 11.4. The lowest BCUT2D eigenvalue weighted by molar-refractivity contribution is 0.112. The Kier molecular flexibility index (Phi) is 19.1. The number of halogens is 1. The molecule has 0 saturated carbocycles. The number of hydrogen-bond acceptors (Lipinski definition) is 6. The number of nitrogens with one attached hydrogen (secondary N) is 2. The first-order chi connectivity index (χ1) is 16.9. The van der Waals surface area contributed by atoms with Gasteiger partial charge in [0, 0.05) is 42.5 Å². The molecule has 2 rings (SSSR count). The second-order valence-corrected chi connectivity index (χ2v) is 6.49. The topological polar surface area (TPSA) is 127 Å². The van der Waals surface area contributed by atoms with E-state index in [4.69, 9.17) is 5.73 Å². The number of fused-ring (bicyclic) bond motifs is 1. The van der Waals surface area contributed by atoms with Crippen molar-refractivity contribution in [2.24, 2.45) is 4.99 Å². The molecule has 190 valence electrons. The Balaban J connectivity index is 0. The van der Waals surface area contributed by atoms with E-state index in [0.717, 1.165) is 18.3 Å². The quantitative estimate of drug-likeness (QED) is 0.171. The predicted molar refractivity (Wildman–Crippen MR) is 142 cm³/mol. The van der Waals surface area contributed by atoms with Gasteiger partial charge in [-0.2, -0.15) is 5.10 Å². The molecular formula is C25H36FN7O2. The average Bonchev–Trinajstić information content (AvgIpc) is 3.26. The van der Waals surface area contributed by atoms with E-state index in [1.807, 2.05) is 51.2 Å². The number of urea groups is 1. The van der Waals surface area contributed by atoms with E-state index in [1.54, 1.807) is 17.8 Å². The van der Waals surface area contributed by atoms with Crippen molar-refractivity contribution >= 4 is 30.4 Å². The lowest BCUT2D eigenvalue weighted by Gasteiger charge is -2.10. The molecule has 0 aliphatic rings. The van der Waals surface area contributed by atoms with Crippen LogP contribution in [0.2, 0.25) is 0 Å². The van der Waals surface area contributed by atoms with Gasteiger partial charge in [-0.3, -0.25) is 9.18 Å². The van der Waals surface area contributed by atoms with Crippen LogP contribution in [-0.4, -0.2) is 54.4 Å². The summed E-state index contributed by atoms with van der Waals surface area (Å²) < 4.78 is 11.1. The van der Waals surface area contributed by atoms with Crippen LogP contribution in [0.3, 0.4) is 0 Å². The van der Waals surface area contributed by atoms with E-state index in [0.29, 0.717) is 36.3 Å². The molecule has 2 aromatic heterocycles. The number of allylic oxidation sites excluding steroid dienone is 4. The zero-order valence-corrected chi connectivity index (χ0v) is 21.0. The van der Waals surface area contributed by atoms with Crippen molar-refractivity contribution in [3.8, 4) is 12.8 Å². The van der Waals surface area contributed by atoms with Crippen molar-refractivity contribution in [3.05, 3.63) is 59.7 Å². The molecule has 0 saturated heterocycles. The lowest BCUT2D eigenvalue weighted by Crippen LogP contribution is -2.34. The minimum absolute atomic E-state index is 0.147. The number of nitrogens with two attached hydrogens (primary N) is 1. The van der Waals surface area contributed by atoms with Crippen LogP contribution in [-0.2, 0) is 0 Å². The summed E-state index contributed by atoms with van der Waals surface area (Å²) in [4.78, 5) is 30.8. The van der Waals surface area contributed by atoms with Crippen LogP contribution in [0.25, 0.3) is 5.52 Å². The Morgan fingerprint density at radius 2 is 2.03 bits per heavy atom. The standard InChI is InChI=1S/C20H26N6O2.C2H5N.C2H2.CH3F/c1-4-6-10-22-20(28)25-16(7-5-2)9-8-14(3)17-15(12-27)11-26-18(17)19(21)23-13-24-26;1-3-2;2*1-2/h4,6-9,11-14H,5,10H2,1-3H3,(H2,21,23,24)(H2,22,25,28);1H2,2H3;1-2H;1H3/b6-4-,9-8-,16-7+;;;. The van der Waals surface area contributed by atoms with Gasteiger partial charge in [-0.15, -0.1) is 12.8 Å². The van der Waals surface area contributed by atoms with Crippen LogP contribution in [0, 0.1) is 12.8 Å². The predicted octanol–water partition coefficient (Wildman–Crippen LogP) is 4.10. The zero-order valence-electron chi connectivity index (χ0n) is 21.0. The monoisotopic (exact) mass is 485 g/mol. The fraction of sp³-hybridized carbons (Fsp3) is 0.320. The molecule has 2 heterocycles. The van der Waals surface area contributed by atoms with E-state index in [-0.39, 0.29) is 11.9 Å². The number of rotatable bonds is 8. The molecule has 10 heteroatoms. The van der Waals surface area contributed by atoms with Crippen LogP contribution < -0.4 is 16.4 Å². The van der Waals surface area contributed by atoms with E-state index < -0.39 is 0 Å². The molecule has 4 N–H and O–H groups in total. The average molecular weight is 486 g/mol. The maximum atomic E-state index is 12.0. The van der Waals surface area contributed by atoms with Gasteiger partial charge in [0.15, 0.2) is 12.1 Å². The van der Waals surface area contributed by atoms with Gasteiger partial charge in [-0.25, -0.2) is 14.3 Å². The molecule has 1 atom stereocenters. The van der Waals surface area contributed by atoms with Crippen LogP contribution in [0.4, 0.5) is 15.0 Å². The van der Waals surface area contributed by atoms with Gasteiger partial charge in [0.05, 0.1) is 7.18 Å². The van der Waals surface area contributed by atoms with Gasteiger partial charge >= 0.3 is 6.03 Å². The Bertz CT molecular complexity index is 1020. The van der Waals surface area contributed by atoms with E-state index in [1.165, 1.54) is 6.33 Å². The number of amides is 2. The molecule has 9 nitrogen and oxygen atoms in total. The van der Waals surface area contributed by atoms with Crippen LogP contribution in [0.1, 0.15) is 49.0 Å². The van der Waals surface area contributed by atoms with Crippen molar-refractivity contribution < 1.29 is 14.0 Å². The maximum absolute atomic E-state index is 12.0. The summed E-state index contributed by atoms with van der Waals surface area (Å²) in [6.45, 7) is 9.39. The number of hydrogen-bond donors (Lipinski definition) is 3. The first-order valence-electron chi connectivity index (χ1n) is 10.6. The zero-order chi connectivity index (χ0) is 27.2. The summed E-state index contributed by atoms with van der Waals surface area (Å²) in [6.07, 6.45) is 21.9. The Morgan fingerprint density at radius 3 is 2.57 bits per heavy atom. The molecular weight excluding hydrogens is 449 g/mol. The number of carbonyl (C=O) groups is 2. The second kappa shape index (κ2) is 20.4. The van der Waals surface area contributed by atoms with Crippen LogP contribution in [0.5, 0.6) is 0 Å². The number of nitrogens with zero attached hydrogens (tertiary/aromatic N) is 4. The van der Waals surface area contributed by atoms with Gasteiger partial charge < -0.3 is 21.4 Å². The van der Waals surface area contributed by atoms with Crippen LogP contribution in [0.15, 0.2) is 53.6 Å². The smallest absolute Gasteiger partial charge is 0.319 e. The normalized spacial score (nSPS) is 11.3. The number of anilines is 1. The fourth-order valence-corrected chi connectivity index (χ4v) is 2.82. The van der Waals surface area contributed by atoms with Gasteiger partial charge in [0.1, 0.15) is 11.8 Å². The van der Waals surface area contributed by atoms with Crippen LogP contribution >= 0.6 is 0 Å². The molecule has 0 aromatic carbocycles. The molecule has 0 aliphatic heterocycles. The molecule has 0 radical (unpaired) electrons. The fourth-order valence-electron chi connectivity index (χ4n) is 2.82. The molecule has 0 fully saturated rings. The number of terminal acetylenes is 1. The van der Waals surface area contributed by atoms with Crippen molar-refractivity contribution in [2.75, 3.05) is 26.5 Å². The number of aldehydes is 1. The summed E-state index contributed by atoms with van der Waals surface area (Å²) in [5.74, 6) is 0.163. The van der Waals surface area contributed by atoms with E-state index in [9.17, 15) is 14.0 Å². The van der Waals surface area contributed by atoms with Crippen molar-refractivity contribution in [3.63, 3.8) is 0 Å². The third-order valence-electron chi connectivity index (χ3n) is 4.12. The molecule has 2 amide bonds. The Hall–Kier alpha value is -4.26. The maximum Gasteiger partial charge on any atom is 0.319 e. The minimum atomic E-state index is -0.282. The highest BCUT2D eigenvalue weighted by Crippen LogP contribution is 2.29. The van der Waals surface area contributed by atoms with Gasteiger partial charge in [0.25, 0.3) is 0 Å². The summed E-state index contributed by atoms with van der Waals surface area (Å²) in [5, 5.41) is 9.68. The minimum Gasteiger partial charge on any atom is -0.382 e. The number of aromatic nitrogens is 3. The van der Waals surface area contributed by atoms with Crippen molar-refractivity contribution in [2.45, 2.75) is 33.1 Å². The van der Waals surface area contributed by atoms with E-state index in [2.05, 4.69) is 45.3 Å². The summed E-state index contributed by atoms with van der Waals surface area (Å²) in [6, 6.07) is -0.282. The molecule has 0 spiro atoms. The molecule has 35 heavy (non-hydrogen) atoms. The summed E-state index contributed by atoms with van der Waals surface area (Å²) in [5.41, 5.74) is 8.53. The summed E-state index contributed by atoms with van der Waals surface area (Å²) in [7, 11) is 2.14. The highest BCUT2D eigenvalue weighted by molar-refractivity contribution is 5.86. The van der Waals surface area contributed by atoms with Gasteiger partial charge in [-0.1, -0.05) is 38.2 Å². The largest absolute Gasteiger partial charge is 0.382 e. The first kappa shape index (κ1) is 32.9. The highest BCUT2D eigenvalue weighted by atomic mass is 19.1. The Labute approximate surface area is 207 Å². The van der Waals surface area contributed by atoms with Gasteiger partial charge in [-0.05, 0) is 26.1 Å². The van der Waals surface area contributed by atoms with Crippen molar-refractivity contribution in [1.29, 1.82) is 0 Å². The molecule has 2 aromatic rings. The number of nitrogen functional groups attached to an aromatic ring is 1. The molecule has 0 bridgehead atoms. The molecule has 1 unspecified atom stereocenters. The number of carbonyl (C=O) groups excluding carboxylic acids is 2. The Morgan fingerprint density at radius 1 is 1.40 bits per heavy atom. The number of aliphatic imine (C=N–C) groups is 1. The molecule has 0 aliphatic carbocycles. The second-order valence-electron chi connectivity index (χ2n) is 6.49. The van der Waals surface area contributed by atoms with Crippen molar-refractivity contribution in [1.82, 2.24) is 25.2 Å². The van der Waals surface area contributed by atoms with E-state index >= 15 is 0 Å². The third-order valence-corrected chi connectivity index (χ3v) is 4.12. The van der Waals surface area contributed by atoms with Gasteiger partial charge in [0.2, 0.25) is 0 Å². The first-order valence-corrected chi connectivity index (χ1v) is 10.6. The summed E-state index contributed by atoms with van der Waals surface area (Å²) >= 11 is 0. The SMILES string of the molecule is C#C.C/C=C\CNC(=O)NC(/C=C\C(C)c1c(C=O)cn2ncnc(N)c12)=C/CC.C=NC.CF. The lowest BCUT2D eigenvalue weighted by atomic mass is 9.97. The highest BCUT2D eigenvalue weighted by Gasteiger charge is 2.18. The number of alkyl halides is 1.